The Hall–Kier alpha value is -3.03. The van der Waals surface area contributed by atoms with Gasteiger partial charge in [-0.3, -0.25) is 4.57 Å². The fraction of sp³-hybridized carbons (Fsp3) is 0.192. The van der Waals surface area contributed by atoms with Crippen molar-refractivity contribution in [3.63, 3.8) is 0 Å². The summed E-state index contributed by atoms with van der Waals surface area (Å²) in [5.74, 6) is 0.123. The zero-order valence-corrected chi connectivity index (χ0v) is 19.2. The van der Waals surface area contributed by atoms with Gasteiger partial charge in [0.2, 0.25) is 0 Å². The Morgan fingerprint density at radius 3 is 2.06 bits per heavy atom. The highest BCUT2D eigenvalue weighted by molar-refractivity contribution is 7.98. The van der Waals surface area contributed by atoms with Crippen molar-refractivity contribution < 1.29 is 18.3 Å². The molecule has 0 radical (unpaired) electrons. The van der Waals surface area contributed by atoms with Crippen LogP contribution < -0.4 is 0 Å². The molecule has 0 aliphatic rings. The number of rotatable bonds is 5. The molecule has 0 aliphatic carbocycles. The van der Waals surface area contributed by atoms with E-state index in [1.807, 2.05) is 54.8 Å². The summed E-state index contributed by atoms with van der Waals surface area (Å²) in [6.45, 7) is 3.11. The minimum absolute atomic E-state index is 0.0442. The second kappa shape index (κ2) is 8.72. The topological polar surface area (TPSA) is 38.0 Å². The number of imidazole rings is 1. The molecule has 4 rings (SSSR count). The largest absolute Gasteiger partial charge is 0.417 e. The molecule has 0 aliphatic heterocycles. The second-order valence-corrected chi connectivity index (χ2v) is 9.02. The lowest BCUT2D eigenvalue weighted by molar-refractivity contribution is -0.137. The summed E-state index contributed by atoms with van der Waals surface area (Å²) >= 11 is 1.65. The Kier molecular flexibility index (Phi) is 6.12. The normalized spacial score (nSPS) is 12.2. The molecule has 3 nitrogen and oxygen atoms in total. The van der Waals surface area contributed by atoms with Crippen molar-refractivity contribution in [3.05, 3.63) is 90.3 Å². The van der Waals surface area contributed by atoms with Crippen LogP contribution in [0.1, 0.15) is 25.1 Å². The molecule has 1 heterocycles. The van der Waals surface area contributed by atoms with E-state index in [1.165, 1.54) is 12.1 Å². The molecule has 170 valence electrons. The summed E-state index contributed by atoms with van der Waals surface area (Å²) in [4.78, 5) is 5.56. The highest BCUT2D eigenvalue weighted by Gasteiger charge is 2.35. The number of hydrogen-bond acceptors (Lipinski definition) is 3. The first-order valence-corrected chi connectivity index (χ1v) is 11.5. The van der Waals surface area contributed by atoms with Crippen LogP contribution in [0.2, 0.25) is 0 Å². The van der Waals surface area contributed by atoms with E-state index in [0.717, 1.165) is 22.1 Å². The molecule has 0 spiro atoms. The van der Waals surface area contributed by atoms with E-state index in [4.69, 9.17) is 0 Å². The molecule has 0 saturated carbocycles. The monoisotopic (exact) mass is 468 g/mol. The maximum Gasteiger partial charge on any atom is 0.417 e. The molecule has 7 heteroatoms. The predicted octanol–water partition coefficient (Wildman–Crippen LogP) is 7.17. The van der Waals surface area contributed by atoms with Gasteiger partial charge in [-0.25, -0.2) is 4.98 Å². The quantitative estimate of drug-likeness (QED) is 0.316. The van der Waals surface area contributed by atoms with Crippen LogP contribution in [0, 0.1) is 0 Å². The summed E-state index contributed by atoms with van der Waals surface area (Å²) in [5, 5.41) is 10.5. The van der Waals surface area contributed by atoms with E-state index in [1.54, 1.807) is 42.4 Å². The van der Waals surface area contributed by atoms with Crippen LogP contribution in [-0.4, -0.2) is 20.9 Å². The van der Waals surface area contributed by atoms with Crippen molar-refractivity contribution in [1.82, 2.24) is 9.55 Å². The van der Waals surface area contributed by atoms with Crippen molar-refractivity contribution in [3.8, 4) is 28.2 Å². The number of hydrogen-bond donors (Lipinski definition) is 1. The summed E-state index contributed by atoms with van der Waals surface area (Å²) in [6.07, 6.45) is -0.928. The van der Waals surface area contributed by atoms with Crippen LogP contribution in [-0.2, 0) is 11.8 Å². The van der Waals surface area contributed by atoms with Gasteiger partial charge in [-0.15, -0.1) is 11.8 Å². The minimum atomic E-state index is -4.53. The van der Waals surface area contributed by atoms with Crippen LogP contribution in [0.5, 0.6) is 0 Å². The minimum Gasteiger partial charge on any atom is -0.384 e. The van der Waals surface area contributed by atoms with Gasteiger partial charge in [0.15, 0.2) is 0 Å². The highest BCUT2D eigenvalue weighted by Crippen LogP contribution is 2.38. The number of halogens is 3. The summed E-state index contributed by atoms with van der Waals surface area (Å²) in [7, 11) is 0. The zero-order valence-electron chi connectivity index (χ0n) is 18.4. The van der Waals surface area contributed by atoms with Crippen LogP contribution in [0.25, 0.3) is 28.2 Å². The molecular weight excluding hydrogens is 445 g/mol. The van der Waals surface area contributed by atoms with Gasteiger partial charge in [0.25, 0.3) is 0 Å². The second-order valence-electron chi connectivity index (χ2n) is 8.17. The maximum absolute atomic E-state index is 13.7. The molecule has 0 bridgehead atoms. The number of aliphatic hydroxyl groups is 1. The average molecular weight is 469 g/mol. The fourth-order valence-corrected chi connectivity index (χ4v) is 4.29. The maximum atomic E-state index is 13.7. The van der Waals surface area contributed by atoms with Crippen LogP contribution in [0.15, 0.2) is 83.9 Å². The SMILES string of the molecule is CSc1ccccc1-c1ccc(-n2cc(C(C)(C)O)nc2-c2ccccc2C(F)(F)F)cc1. The average Bonchev–Trinajstić information content (AvgIpc) is 3.25. The summed E-state index contributed by atoms with van der Waals surface area (Å²) < 4.78 is 42.8. The predicted molar refractivity (Wildman–Crippen MR) is 126 cm³/mol. The molecule has 4 aromatic rings. The van der Waals surface area contributed by atoms with Gasteiger partial charge in [0, 0.05) is 22.3 Å². The lowest BCUT2D eigenvalue weighted by Gasteiger charge is -2.14. The molecule has 1 N–H and O–H groups in total. The Balaban J connectivity index is 1.86. The molecule has 0 saturated heterocycles. The first kappa shape index (κ1) is 23.1. The highest BCUT2D eigenvalue weighted by atomic mass is 32.2. The Morgan fingerprint density at radius 2 is 1.45 bits per heavy atom. The molecule has 33 heavy (non-hydrogen) atoms. The molecule has 3 aromatic carbocycles. The van der Waals surface area contributed by atoms with Crippen LogP contribution in [0.3, 0.4) is 0 Å². The third-order valence-electron chi connectivity index (χ3n) is 5.37. The number of benzene rings is 3. The molecule has 0 unspecified atom stereocenters. The van der Waals surface area contributed by atoms with Crippen molar-refractivity contribution in [2.45, 2.75) is 30.5 Å². The Labute approximate surface area is 194 Å². The first-order valence-electron chi connectivity index (χ1n) is 10.3. The third-order valence-corrected chi connectivity index (χ3v) is 6.17. The van der Waals surface area contributed by atoms with E-state index in [2.05, 4.69) is 4.98 Å². The van der Waals surface area contributed by atoms with Gasteiger partial charge in [-0.05, 0) is 55.5 Å². The van der Waals surface area contributed by atoms with Crippen LogP contribution >= 0.6 is 11.8 Å². The van der Waals surface area contributed by atoms with E-state index < -0.39 is 17.3 Å². The first-order chi connectivity index (χ1) is 15.6. The van der Waals surface area contributed by atoms with E-state index in [-0.39, 0.29) is 17.1 Å². The van der Waals surface area contributed by atoms with E-state index >= 15 is 0 Å². The van der Waals surface area contributed by atoms with Crippen molar-refractivity contribution in [2.75, 3.05) is 6.26 Å². The smallest absolute Gasteiger partial charge is 0.384 e. The lowest BCUT2D eigenvalue weighted by Crippen LogP contribution is -2.15. The van der Waals surface area contributed by atoms with Gasteiger partial charge >= 0.3 is 6.18 Å². The van der Waals surface area contributed by atoms with Gasteiger partial charge in [0.1, 0.15) is 11.4 Å². The van der Waals surface area contributed by atoms with Gasteiger partial charge in [-0.1, -0.05) is 48.5 Å². The fourth-order valence-electron chi connectivity index (χ4n) is 3.67. The van der Waals surface area contributed by atoms with Crippen molar-refractivity contribution in [1.29, 1.82) is 0 Å². The van der Waals surface area contributed by atoms with Crippen molar-refractivity contribution >= 4 is 11.8 Å². The number of aromatic nitrogens is 2. The van der Waals surface area contributed by atoms with Gasteiger partial charge in [-0.2, -0.15) is 13.2 Å². The molecule has 1 aromatic heterocycles. The van der Waals surface area contributed by atoms with Gasteiger partial charge in [0.05, 0.1) is 11.3 Å². The van der Waals surface area contributed by atoms with E-state index in [0.29, 0.717) is 5.69 Å². The summed E-state index contributed by atoms with van der Waals surface area (Å²) in [5.41, 5.74) is 0.888. The Morgan fingerprint density at radius 1 is 0.848 bits per heavy atom. The molecule has 0 fully saturated rings. The van der Waals surface area contributed by atoms with Gasteiger partial charge < -0.3 is 5.11 Å². The zero-order chi connectivity index (χ0) is 23.8. The molecule has 0 amide bonds. The number of thioether (sulfide) groups is 1. The number of alkyl halides is 3. The molecule has 0 atom stereocenters. The van der Waals surface area contributed by atoms with E-state index in [9.17, 15) is 18.3 Å². The van der Waals surface area contributed by atoms with Crippen molar-refractivity contribution in [2.24, 2.45) is 0 Å². The molecular formula is C26H23F3N2OS. The summed E-state index contributed by atoms with van der Waals surface area (Å²) in [6, 6.07) is 21.0. The standard InChI is InChI=1S/C26H23F3N2OS/c1-25(2,32)23-16-31(24(30-23)20-9-4-6-10-21(20)26(27,28)29)18-14-12-17(13-15-18)19-8-5-7-11-22(19)33-3/h4-16,32H,1-3H3. The lowest BCUT2D eigenvalue weighted by atomic mass is 10.0. The third kappa shape index (κ3) is 4.70. The van der Waals surface area contributed by atoms with Crippen LogP contribution in [0.4, 0.5) is 13.2 Å². The number of nitrogens with zero attached hydrogens (tertiary/aromatic N) is 2. The Bertz CT molecular complexity index is 1270.